The van der Waals surface area contributed by atoms with Crippen molar-refractivity contribution in [3.8, 4) is 0 Å². The minimum atomic E-state index is -0.686. The average Bonchev–Trinajstić information content (AvgIpc) is 2.53. The standard InChI is InChI=1S/C15H22ClNO/c1-12(2)17-10-3-8-15(18,9-11-17)13-4-6-14(16)7-5-13/h4-7,12,18H,3,8-11H2,1-2H3. The molecule has 1 atom stereocenters. The monoisotopic (exact) mass is 267 g/mol. The van der Waals surface area contributed by atoms with Crippen LogP contribution in [-0.4, -0.2) is 29.1 Å². The number of benzene rings is 1. The second-order valence-corrected chi connectivity index (χ2v) is 5.96. The lowest BCUT2D eigenvalue weighted by Crippen LogP contribution is -2.33. The van der Waals surface area contributed by atoms with Crippen LogP contribution in [0.2, 0.25) is 5.02 Å². The van der Waals surface area contributed by atoms with Crippen LogP contribution in [0.5, 0.6) is 0 Å². The van der Waals surface area contributed by atoms with Crippen LogP contribution < -0.4 is 0 Å². The van der Waals surface area contributed by atoms with E-state index in [1.54, 1.807) is 0 Å². The van der Waals surface area contributed by atoms with Crippen molar-refractivity contribution < 1.29 is 5.11 Å². The molecule has 2 rings (SSSR count). The van der Waals surface area contributed by atoms with Gasteiger partial charge in [-0.05, 0) is 57.4 Å². The Morgan fingerprint density at radius 1 is 1.17 bits per heavy atom. The maximum Gasteiger partial charge on any atom is 0.0909 e. The van der Waals surface area contributed by atoms with Gasteiger partial charge in [0.1, 0.15) is 0 Å². The highest BCUT2D eigenvalue weighted by Crippen LogP contribution is 2.33. The highest BCUT2D eigenvalue weighted by Gasteiger charge is 2.32. The minimum Gasteiger partial charge on any atom is -0.385 e. The van der Waals surface area contributed by atoms with Gasteiger partial charge in [-0.15, -0.1) is 0 Å². The van der Waals surface area contributed by atoms with Gasteiger partial charge in [-0.2, -0.15) is 0 Å². The minimum absolute atomic E-state index is 0.553. The summed E-state index contributed by atoms with van der Waals surface area (Å²) in [5.74, 6) is 0. The summed E-state index contributed by atoms with van der Waals surface area (Å²) in [5.41, 5.74) is 0.311. The third-order valence-corrected chi connectivity index (χ3v) is 4.21. The number of hydrogen-bond donors (Lipinski definition) is 1. The van der Waals surface area contributed by atoms with Crippen LogP contribution in [0.1, 0.15) is 38.7 Å². The van der Waals surface area contributed by atoms with E-state index >= 15 is 0 Å². The predicted molar refractivity (Wildman–Crippen MR) is 75.9 cm³/mol. The molecule has 1 saturated heterocycles. The number of nitrogens with zero attached hydrogens (tertiary/aromatic N) is 1. The van der Waals surface area contributed by atoms with Crippen molar-refractivity contribution in [2.24, 2.45) is 0 Å². The molecular weight excluding hydrogens is 246 g/mol. The van der Waals surface area contributed by atoms with Gasteiger partial charge in [0.05, 0.1) is 5.60 Å². The molecule has 0 spiro atoms. The molecule has 1 N–H and O–H groups in total. The van der Waals surface area contributed by atoms with Gasteiger partial charge in [0.2, 0.25) is 0 Å². The fourth-order valence-electron chi connectivity index (χ4n) is 2.71. The van der Waals surface area contributed by atoms with Gasteiger partial charge >= 0.3 is 0 Å². The van der Waals surface area contributed by atoms with Gasteiger partial charge in [0.25, 0.3) is 0 Å². The molecule has 0 aliphatic carbocycles. The van der Waals surface area contributed by atoms with E-state index in [0.717, 1.165) is 42.9 Å². The largest absolute Gasteiger partial charge is 0.385 e. The molecule has 0 radical (unpaired) electrons. The SMILES string of the molecule is CC(C)N1CCCC(O)(c2ccc(Cl)cc2)CC1. The molecule has 1 heterocycles. The summed E-state index contributed by atoms with van der Waals surface area (Å²) in [4.78, 5) is 2.44. The van der Waals surface area contributed by atoms with Gasteiger partial charge in [0, 0.05) is 17.6 Å². The molecule has 0 bridgehead atoms. The Kier molecular flexibility index (Phi) is 4.31. The first-order valence-electron chi connectivity index (χ1n) is 6.74. The lowest BCUT2D eigenvalue weighted by molar-refractivity contribution is 0.0204. The topological polar surface area (TPSA) is 23.5 Å². The number of likely N-dealkylation sites (tertiary alicyclic amines) is 1. The quantitative estimate of drug-likeness (QED) is 0.888. The summed E-state index contributed by atoms with van der Waals surface area (Å²) in [6.07, 6.45) is 2.67. The summed E-state index contributed by atoms with van der Waals surface area (Å²) >= 11 is 5.90. The van der Waals surface area contributed by atoms with Crippen LogP contribution in [0, 0.1) is 0 Å². The second-order valence-electron chi connectivity index (χ2n) is 5.52. The maximum atomic E-state index is 10.8. The Morgan fingerprint density at radius 2 is 1.83 bits per heavy atom. The summed E-state index contributed by atoms with van der Waals surface area (Å²) < 4.78 is 0. The number of aliphatic hydroxyl groups is 1. The van der Waals surface area contributed by atoms with Crippen molar-refractivity contribution in [3.63, 3.8) is 0 Å². The molecule has 1 unspecified atom stereocenters. The van der Waals surface area contributed by atoms with Crippen molar-refractivity contribution in [3.05, 3.63) is 34.9 Å². The Hall–Kier alpha value is -0.570. The second kappa shape index (κ2) is 5.60. The number of halogens is 1. The molecule has 0 amide bonds. The van der Waals surface area contributed by atoms with Gasteiger partial charge in [0.15, 0.2) is 0 Å². The zero-order valence-corrected chi connectivity index (χ0v) is 12.0. The fourth-order valence-corrected chi connectivity index (χ4v) is 2.83. The molecule has 18 heavy (non-hydrogen) atoms. The van der Waals surface area contributed by atoms with Crippen molar-refractivity contribution in [1.29, 1.82) is 0 Å². The van der Waals surface area contributed by atoms with Crippen LogP contribution in [0.3, 0.4) is 0 Å². The maximum absolute atomic E-state index is 10.8. The fraction of sp³-hybridized carbons (Fsp3) is 0.600. The highest BCUT2D eigenvalue weighted by atomic mass is 35.5. The molecule has 0 saturated carbocycles. The Labute approximate surface area is 115 Å². The molecule has 3 heteroatoms. The van der Waals surface area contributed by atoms with Gasteiger partial charge in [-0.1, -0.05) is 23.7 Å². The molecule has 1 aliphatic rings. The summed E-state index contributed by atoms with van der Waals surface area (Å²) in [5, 5.41) is 11.6. The van der Waals surface area contributed by atoms with E-state index in [9.17, 15) is 5.11 Å². The zero-order chi connectivity index (χ0) is 13.2. The third kappa shape index (κ3) is 3.05. The van der Waals surface area contributed by atoms with E-state index in [4.69, 9.17) is 11.6 Å². The Bertz CT molecular complexity index is 390. The van der Waals surface area contributed by atoms with Crippen molar-refractivity contribution >= 4 is 11.6 Å². The predicted octanol–water partition coefficient (Wildman–Crippen LogP) is 3.42. The molecule has 100 valence electrons. The first kappa shape index (κ1) is 13.9. The summed E-state index contributed by atoms with van der Waals surface area (Å²) in [7, 11) is 0. The normalized spacial score (nSPS) is 26.3. The number of hydrogen-bond acceptors (Lipinski definition) is 2. The van der Waals surface area contributed by atoms with Crippen molar-refractivity contribution in [1.82, 2.24) is 4.90 Å². The smallest absolute Gasteiger partial charge is 0.0909 e. The summed E-state index contributed by atoms with van der Waals surface area (Å²) in [6.45, 7) is 6.46. The average molecular weight is 268 g/mol. The van der Waals surface area contributed by atoms with E-state index in [2.05, 4.69) is 18.7 Å². The van der Waals surface area contributed by atoms with E-state index in [1.165, 1.54) is 0 Å². The van der Waals surface area contributed by atoms with Gasteiger partial charge in [-0.25, -0.2) is 0 Å². The molecule has 0 aromatic heterocycles. The Morgan fingerprint density at radius 3 is 2.44 bits per heavy atom. The van der Waals surface area contributed by atoms with Gasteiger partial charge in [-0.3, -0.25) is 0 Å². The summed E-state index contributed by atoms with van der Waals surface area (Å²) in [6, 6.07) is 8.18. The molecular formula is C15H22ClNO. The Balaban J connectivity index is 2.14. The molecule has 2 nitrogen and oxygen atoms in total. The zero-order valence-electron chi connectivity index (χ0n) is 11.2. The van der Waals surface area contributed by atoms with E-state index in [-0.39, 0.29) is 0 Å². The van der Waals surface area contributed by atoms with Crippen molar-refractivity contribution in [2.45, 2.75) is 44.8 Å². The van der Waals surface area contributed by atoms with Crippen LogP contribution >= 0.6 is 11.6 Å². The van der Waals surface area contributed by atoms with Crippen LogP contribution in [0.4, 0.5) is 0 Å². The van der Waals surface area contributed by atoms with E-state index in [0.29, 0.717) is 6.04 Å². The molecule has 1 aromatic carbocycles. The first-order valence-corrected chi connectivity index (χ1v) is 7.11. The number of rotatable bonds is 2. The highest BCUT2D eigenvalue weighted by molar-refractivity contribution is 6.30. The van der Waals surface area contributed by atoms with E-state index < -0.39 is 5.60 Å². The first-order chi connectivity index (χ1) is 8.51. The molecule has 1 aromatic rings. The van der Waals surface area contributed by atoms with Crippen LogP contribution in [-0.2, 0) is 5.60 Å². The lowest BCUT2D eigenvalue weighted by Gasteiger charge is -2.28. The van der Waals surface area contributed by atoms with Crippen molar-refractivity contribution in [2.75, 3.05) is 13.1 Å². The van der Waals surface area contributed by atoms with E-state index in [1.807, 2.05) is 24.3 Å². The third-order valence-electron chi connectivity index (χ3n) is 3.96. The van der Waals surface area contributed by atoms with Gasteiger partial charge < -0.3 is 10.0 Å². The lowest BCUT2D eigenvalue weighted by atomic mass is 9.87. The molecule has 1 fully saturated rings. The van der Waals surface area contributed by atoms with Crippen LogP contribution in [0.25, 0.3) is 0 Å². The van der Waals surface area contributed by atoms with Crippen LogP contribution in [0.15, 0.2) is 24.3 Å². The molecule has 1 aliphatic heterocycles.